The standard InChI is InChI=1S/C27H20N2O5/c30-25(21-3-1-13-28-17-21)15-19-5-9-23(10-6-19)33-27(32)34-24-11-7-20(8-12-24)16-26(31)22-4-2-14-29-18-22/h1-14,17-18H,15-16H2. The highest BCUT2D eigenvalue weighted by atomic mass is 16.7. The van der Waals surface area contributed by atoms with Crippen molar-refractivity contribution in [3.63, 3.8) is 0 Å². The molecule has 4 aromatic rings. The molecule has 0 spiro atoms. The van der Waals surface area contributed by atoms with E-state index in [1.54, 1.807) is 85.2 Å². The molecule has 34 heavy (non-hydrogen) atoms. The minimum Gasteiger partial charge on any atom is -0.395 e. The predicted molar refractivity (Wildman–Crippen MR) is 124 cm³/mol. The van der Waals surface area contributed by atoms with E-state index in [1.807, 2.05) is 0 Å². The minimum atomic E-state index is -0.890. The average Bonchev–Trinajstić information content (AvgIpc) is 2.87. The summed E-state index contributed by atoms with van der Waals surface area (Å²) in [4.78, 5) is 44.5. The summed E-state index contributed by atoms with van der Waals surface area (Å²) in [5.74, 6) is 0.487. The zero-order chi connectivity index (χ0) is 23.8. The first kappa shape index (κ1) is 22.5. The third-order valence-corrected chi connectivity index (χ3v) is 4.95. The smallest absolute Gasteiger partial charge is 0.395 e. The van der Waals surface area contributed by atoms with Gasteiger partial charge in [0.1, 0.15) is 11.5 Å². The normalized spacial score (nSPS) is 10.4. The number of benzene rings is 2. The van der Waals surface area contributed by atoms with Gasteiger partial charge in [-0.25, -0.2) is 4.79 Å². The topological polar surface area (TPSA) is 95.5 Å². The van der Waals surface area contributed by atoms with Crippen molar-refractivity contribution in [2.75, 3.05) is 0 Å². The predicted octanol–water partition coefficient (Wildman–Crippen LogP) is 4.91. The molecule has 0 saturated carbocycles. The van der Waals surface area contributed by atoms with Crippen LogP contribution in [0.1, 0.15) is 31.8 Å². The molecular weight excluding hydrogens is 432 g/mol. The lowest BCUT2D eigenvalue weighted by atomic mass is 10.0. The number of hydrogen-bond donors (Lipinski definition) is 0. The maximum atomic E-state index is 12.3. The van der Waals surface area contributed by atoms with Crippen molar-refractivity contribution in [3.05, 3.63) is 120 Å². The molecule has 2 heterocycles. The van der Waals surface area contributed by atoms with E-state index in [0.717, 1.165) is 11.1 Å². The molecule has 4 rings (SSSR count). The van der Waals surface area contributed by atoms with Crippen molar-refractivity contribution in [3.8, 4) is 11.5 Å². The second-order valence-electron chi connectivity index (χ2n) is 7.43. The van der Waals surface area contributed by atoms with Gasteiger partial charge in [0.2, 0.25) is 0 Å². The Morgan fingerprint density at radius 2 is 1.00 bits per heavy atom. The van der Waals surface area contributed by atoms with Gasteiger partial charge in [-0.3, -0.25) is 19.6 Å². The summed E-state index contributed by atoms with van der Waals surface area (Å²) in [6.07, 6.45) is 5.82. The van der Waals surface area contributed by atoms with E-state index in [1.165, 1.54) is 12.4 Å². The fraction of sp³-hybridized carbons (Fsp3) is 0.0741. The van der Waals surface area contributed by atoms with Gasteiger partial charge < -0.3 is 9.47 Å². The number of carbonyl (C=O) groups excluding carboxylic acids is 3. The van der Waals surface area contributed by atoms with Gasteiger partial charge in [-0.1, -0.05) is 24.3 Å². The Balaban J connectivity index is 1.28. The fourth-order valence-corrected chi connectivity index (χ4v) is 3.19. The highest BCUT2D eigenvalue weighted by molar-refractivity contribution is 5.97. The van der Waals surface area contributed by atoms with E-state index >= 15 is 0 Å². The number of aromatic nitrogens is 2. The first-order chi connectivity index (χ1) is 16.6. The Morgan fingerprint density at radius 1 is 0.588 bits per heavy atom. The third-order valence-electron chi connectivity index (χ3n) is 4.95. The summed E-state index contributed by atoms with van der Waals surface area (Å²) in [5, 5.41) is 0. The van der Waals surface area contributed by atoms with E-state index in [4.69, 9.17) is 9.47 Å². The first-order valence-electron chi connectivity index (χ1n) is 10.5. The van der Waals surface area contributed by atoms with Crippen LogP contribution in [-0.4, -0.2) is 27.7 Å². The average molecular weight is 452 g/mol. The monoisotopic (exact) mass is 452 g/mol. The Kier molecular flexibility index (Phi) is 7.15. The van der Waals surface area contributed by atoms with Crippen LogP contribution in [0, 0.1) is 0 Å². The number of nitrogens with zero attached hydrogens (tertiary/aromatic N) is 2. The quantitative estimate of drug-likeness (QED) is 0.213. The van der Waals surface area contributed by atoms with Crippen molar-refractivity contribution >= 4 is 17.7 Å². The Morgan fingerprint density at radius 3 is 1.35 bits per heavy atom. The number of ketones is 2. The zero-order valence-electron chi connectivity index (χ0n) is 18.1. The van der Waals surface area contributed by atoms with Crippen molar-refractivity contribution in [1.29, 1.82) is 0 Å². The van der Waals surface area contributed by atoms with Gasteiger partial charge in [0, 0.05) is 48.8 Å². The molecule has 0 amide bonds. The van der Waals surface area contributed by atoms with Crippen LogP contribution in [0.25, 0.3) is 0 Å². The number of rotatable bonds is 8. The van der Waals surface area contributed by atoms with Crippen LogP contribution in [-0.2, 0) is 12.8 Å². The lowest BCUT2D eigenvalue weighted by Crippen LogP contribution is -2.14. The van der Waals surface area contributed by atoms with Crippen LogP contribution in [0.15, 0.2) is 97.6 Å². The van der Waals surface area contributed by atoms with Crippen molar-refractivity contribution in [1.82, 2.24) is 9.97 Å². The second kappa shape index (κ2) is 10.8. The van der Waals surface area contributed by atoms with Crippen molar-refractivity contribution < 1.29 is 23.9 Å². The molecule has 7 heteroatoms. The van der Waals surface area contributed by atoms with Gasteiger partial charge in [-0.05, 0) is 59.7 Å². The van der Waals surface area contributed by atoms with Crippen LogP contribution in [0.4, 0.5) is 4.79 Å². The van der Waals surface area contributed by atoms with Crippen molar-refractivity contribution in [2.45, 2.75) is 12.8 Å². The van der Waals surface area contributed by atoms with E-state index in [2.05, 4.69) is 9.97 Å². The SMILES string of the molecule is O=C(Oc1ccc(CC(=O)c2cccnc2)cc1)Oc1ccc(CC(=O)c2cccnc2)cc1. The van der Waals surface area contributed by atoms with E-state index < -0.39 is 6.16 Å². The van der Waals surface area contributed by atoms with Crippen LogP contribution >= 0.6 is 0 Å². The molecule has 0 bridgehead atoms. The molecule has 0 aliphatic rings. The summed E-state index contributed by atoms with van der Waals surface area (Å²) < 4.78 is 10.4. The van der Waals surface area contributed by atoms with Gasteiger partial charge in [-0.2, -0.15) is 0 Å². The number of pyridine rings is 2. The largest absolute Gasteiger partial charge is 0.519 e. The Hall–Kier alpha value is -4.65. The summed E-state index contributed by atoms with van der Waals surface area (Å²) in [7, 11) is 0. The summed E-state index contributed by atoms with van der Waals surface area (Å²) in [6, 6.07) is 20.1. The highest BCUT2D eigenvalue weighted by Crippen LogP contribution is 2.18. The molecule has 168 valence electrons. The van der Waals surface area contributed by atoms with Gasteiger partial charge >= 0.3 is 6.16 Å². The maximum absolute atomic E-state index is 12.3. The van der Waals surface area contributed by atoms with Gasteiger partial charge in [0.05, 0.1) is 0 Å². The number of ether oxygens (including phenoxy) is 2. The van der Waals surface area contributed by atoms with Crippen LogP contribution < -0.4 is 9.47 Å². The molecule has 0 fully saturated rings. The molecule has 0 unspecified atom stereocenters. The maximum Gasteiger partial charge on any atom is 0.519 e. The molecule has 0 aliphatic carbocycles. The second-order valence-corrected chi connectivity index (χ2v) is 7.43. The molecule has 0 saturated heterocycles. The molecule has 0 aliphatic heterocycles. The van der Waals surface area contributed by atoms with E-state index in [0.29, 0.717) is 22.6 Å². The van der Waals surface area contributed by atoms with Gasteiger partial charge in [-0.15, -0.1) is 0 Å². The molecular formula is C27H20N2O5. The molecule has 0 radical (unpaired) electrons. The Labute approximate surface area is 196 Å². The third kappa shape index (κ3) is 6.20. The van der Waals surface area contributed by atoms with Gasteiger partial charge in [0.15, 0.2) is 11.6 Å². The summed E-state index contributed by atoms with van der Waals surface area (Å²) in [6.45, 7) is 0. The molecule has 7 nitrogen and oxygen atoms in total. The number of carbonyl (C=O) groups is 3. The minimum absolute atomic E-state index is 0.0493. The van der Waals surface area contributed by atoms with Crippen LogP contribution in [0.5, 0.6) is 11.5 Å². The van der Waals surface area contributed by atoms with Gasteiger partial charge in [0.25, 0.3) is 0 Å². The molecule has 2 aromatic heterocycles. The molecule has 2 aromatic carbocycles. The van der Waals surface area contributed by atoms with Crippen LogP contribution in [0.3, 0.4) is 0 Å². The molecule has 0 N–H and O–H groups in total. The lowest BCUT2D eigenvalue weighted by molar-refractivity contribution is 0.0984. The number of Topliss-reactive ketones (excluding diaryl/α,β-unsaturated/α-hetero) is 2. The fourth-order valence-electron chi connectivity index (χ4n) is 3.19. The van der Waals surface area contributed by atoms with Crippen molar-refractivity contribution in [2.24, 2.45) is 0 Å². The molecule has 0 atom stereocenters. The van der Waals surface area contributed by atoms with Crippen LogP contribution in [0.2, 0.25) is 0 Å². The van der Waals surface area contributed by atoms with E-state index in [9.17, 15) is 14.4 Å². The number of hydrogen-bond acceptors (Lipinski definition) is 7. The lowest BCUT2D eigenvalue weighted by Gasteiger charge is -2.07. The highest BCUT2D eigenvalue weighted by Gasteiger charge is 2.11. The first-order valence-corrected chi connectivity index (χ1v) is 10.5. The van der Waals surface area contributed by atoms with E-state index in [-0.39, 0.29) is 24.4 Å². The summed E-state index contributed by atoms with van der Waals surface area (Å²) >= 11 is 0. The zero-order valence-corrected chi connectivity index (χ0v) is 18.1. The Bertz CT molecular complexity index is 1170. The summed E-state index contributed by atoms with van der Waals surface area (Å²) in [5.41, 5.74) is 2.65.